The second-order valence-electron chi connectivity index (χ2n) is 5.20. The Labute approximate surface area is 112 Å². The third-order valence-electron chi connectivity index (χ3n) is 3.99. The second-order valence-corrected chi connectivity index (χ2v) is 5.20. The first kappa shape index (κ1) is 15.2. The molecule has 1 aromatic heterocycles. The second kappa shape index (κ2) is 8.30. The third-order valence-corrected chi connectivity index (χ3v) is 3.99. The Morgan fingerprint density at radius 1 is 1.33 bits per heavy atom. The number of aryl methyl sites for hydroxylation is 2. The van der Waals surface area contributed by atoms with Crippen LogP contribution in [-0.4, -0.2) is 22.6 Å². The topological polar surface area (TPSA) is 29.9 Å². The molecule has 0 saturated heterocycles. The zero-order chi connectivity index (χ0) is 13.4. The van der Waals surface area contributed by atoms with Crippen LogP contribution in [0.4, 0.5) is 0 Å². The highest BCUT2D eigenvalue weighted by atomic mass is 15.0. The summed E-state index contributed by atoms with van der Waals surface area (Å²) >= 11 is 0. The Kier molecular flexibility index (Phi) is 7.02. The van der Waals surface area contributed by atoms with E-state index in [0.29, 0.717) is 6.04 Å². The van der Waals surface area contributed by atoms with Crippen LogP contribution in [0.15, 0.2) is 12.4 Å². The largest absolute Gasteiger partial charge is 0.338 e. The van der Waals surface area contributed by atoms with Gasteiger partial charge in [0.15, 0.2) is 0 Å². The normalized spacial score (nSPS) is 14.7. The first-order valence-corrected chi connectivity index (χ1v) is 7.36. The van der Waals surface area contributed by atoms with Crippen molar-refractivity contribution in [2.45, 2.75) is 58.4 Å². The van der Waals surface area contributed by atoms with Crippen LogP contribution in [0.25, 0.3) is 0 Å². The summed E-state index contributed by atoms with van der Waals surface area (Å²) in [5.41, 5.74) is 0. The molecular formula is C15H29N3. The molecule has 1 aromatic rings. The van der Waals surface area contributed by atoms with Gasteiger partial charge in [-0.2, -0.15) is 0 Å². The minimum Gasteiger partial charge on any atom is -0.338 e. The van der Waals surface area contributed by atoms with Gasteiger partial charge in [0, 0.05) is 31.9 Å². The van der Waals surface area contributed by atoms with Gasteiger partial charge in [-0.1, -0.05) is 33.1 Å². The lowest BCUT2D eigenvalue weighted by Crippen LogP contribution is -2.34. The highest BCUT2D eigenvalue weighted by Gasteiger charge is 2.18. The van der Waals surface area contributed by atoms with E-state index in [-0.39, 0.29) is 0 Å². The number of unbranched alkanes of at least 4 members (excludes halogenated alkanes) is 1. The van der Waals surface area contributed by atoms with E-state index in [1.165, 1.54) is 37.9 Å². The van der Waals surface area contributed by atoms with E-state index in [1.54, 1.807) is 0 Å². The Balaban J connectivity index is 2.47. The lowest BCUT2D eigenvalue weighted by Gasteiger charge is -2.26. The van der Waals surface area contributed by atoms with Crippen LogP contribution in [0, 0.1) is 5.92 Å². The van der Waals surface area contributed by atoms with Crippen molar-refractivity contribution in [3.63, 3.8) is 0 Å². The molecule has 0 aliphatic rings. The Hall–Kier alpha value is -0.830. The average molecular weight is 251 g/mol. The Morgan fingerprint density at radius 3 is 2.61 bits per heavy atom. The van der Waals surface area contributed by atoms with Gasteiger partial charge in [-0.25, -0.2) is 4.98 Å². The van der Waals surface area contributed by atoms with Gasteiger partial charge in [0.1, 0.15) is 5.82 Å². The molecule has 104 valence electrons. The molecule has 0 bridgehead atoms. The molecule has 3 nitrogen and oxygen atoms in total. The summed E-state index contributed by atoms with van der Waals surface area (Å²) in [5, 5.41) is 3.51. The minimum absolute atomic E-state index is 0.623. The van der Waals surface area contributed by atoms with E-state index in [9.17, 15) is 0 Å². The first-order chi connectivity index (χ1) is 8.72. The van der Waals surface area contributed by atoms with Crippen molar-refractivity contribution < 1.29 is 0 Å². The molecule has 0 saturated carbocycles. The standard InChI is InChI=1S/C15H29N3/c1-5-7-8-13(6-2)14(16-3)9-10-15-17-11-12-18(15)4/h11-14,16H,5-10H2,1-4H3. The predicted octanol–water partition coefficient (Wildman–Crippen LogP) is 3.16. The number of hydrogen-bond acceptors (Lipinski definition) is 2. The molecule has 0 spiro atoms. The summed E-state index contributed by atoms with van der Waals surface area (Å²) in [5.74, 6) is 2.00. The summed E-state index contributed by atoms with van der Waals surface area (Å²) in [7, 11) is 4.17. The Morgan fingerprint density at radius 2 is 2.11 bits per heavy atom. The molecule has 1 N–H and O–H groups in total. The summed E-state index contributed by atoms with van der Waals surface area (Å²) < 4.78 is 2.12. The molecule has 0 fully saturated rings. The monoisotopic (exact) mass is 251 g/mol. The molecule has 18 heavy (non-hydrogen) atoms. The van der Waals surface area contributed by atoms with Gasteiger partial charge in [0.05, 0.1) is 0 Å². The van der Waals surface area contributed by atoms with E-state index in [4.69, 9.17) is 0 Å². The number of nitrogens with one attached hydrogen (secondary N) is 1. The molecule has 0 aliphatic heterocycles. The zero-order valence-electron chi connectivity index (χ0n) is 12.4. The van der Waals surface area contributed by atoms with E-state index in [1.807, 2.05) is 12.4 Å². The number of rotatable bonds is 9. The molecule has 2 unspecified atom stereocenters. The fourth-order valence-electron chi connectivity index (χ4n) is 2.69. The van der Waals surface area contributed by atoms with E-state index >= 15 is 0 Å². The highest BCUT2D eigenvalue weighted by molar-refractivity contribution is 4.92. The summed E-state index contributed by atoms with van der Waals surface area (Å²) in [4.78, 5) is 4.40. The van der Waals surface area contributed by atoms with Crippen LogP contribution in [0.3, 0.4) is 0 Å². The lowest BCUT2D eigenvalue weighted by molar-refractivity contribution is 0.315. The SMILES string of the molecule is CCCCC(CC)C(CCc1nccn1C)NC. The molecule has 0 amide bonds. The molecule has 0 radical (unpaired) electrons. The molecule has 1 heterocycles. The van der Waals surface area contributed by atoms with E-state index in [0.717, 1.165) is 12.3 Å². The van der Waals surface area contributed by atoms with Crippen LogP contribution < -0.4 is 5.32 Å². The molecule has 1 rings (SSSR count). The van der Waals surface area contributed by atoms with Gasteiger partial charge in [-0.3, -0.25) is 0 Å². The number of imidazole rings is 1. The van der Waals surface area contributed by atoms with Crippen molar-refractivity contribution in [3.05, 3.63) is 18.2 Å². The van der Waals surface area contributed by atoms with Crippen molar-refractivity contribution >= 4 is 0 Å². The maximum absolute atomic E-state index is 4.40. The van der Waals surface area contributed by atoms with E-state index < -0.39 is 0 Å². The third kappa shape index (κ3) is 4.45. The highest BCUT2D eigenvalue weighted by Crippen LogP contribution is 2.20. The summed E-state index contributed by atoms with van der Waals surface area (Å²) in [6, 6.07) is 0.623. The molecule has 2 atom stereocenters. The maximum atomic E-state index is 4.40. The quantitative estimate of drug-likeness (QED) is 0.730. The average Bonchev–Trinajstić information content (AvgIpc) is 2.79. The molecule has 3 heteroatoms. The lowest BCUT2D eigenvalue weighted by atomic mass is 9.88. The first-order valence-electron chi connectivity index (χ1n) is 7.36. The van der Waals surface area contributed by atoms with Crippen LogP contribution >= 0.6 is 0 Å². The van der Waals surface area contributed by atoms with Crippen molar-refractivity contribution in [2.24, 2.45) is 13.0 Å². The van der Waals surface area contributed by atoms with Crippen molar-refractivity contribution in [1.82, 2.24) is 14.9 Å². The fourth-order valence-corrected chi connectivity index (χ4v) is 2.69. The van der Waals surface area contributed by atoms with Gasteiger partial charge < -0.3 is 9.88 Å². The van der Waals surface area contributed by atoms with Crippen LogP contribution in [-0.2, 0) is 13.5 Å². The van der Waals surface area contributed by atoms with Crippen molar-refractivity contribution in [1.29, 1.82) is 0 Å². The van der Waals surface area contributed by atoms with Gasteiger partial charge in [-0.05, 0) is 25.8 Å². The fraction of sp³-hybridized carbons (Fsp3) is 0.800. The summed E-state index contributed by atoms with van der Waals surface area (Å²) in [6.07, 6.45) is 11.4. The van der Waals surface area contributed by atoms with E-state index in [2.05, 4.69) is 42.8 Å². The van der Waals surface area contributed by atoms with Gasteiger partial charge in [0.2, 0.25) is 0 Å². The van der Waals surface area contributed by atoms with Crippen LogP contribution in [0.2, 0.25) is 0 Å². The number of nitrogens with zero attached hydrogens (tertiary/aromatic N) is 2. The molecule has 0 aromatic carbocycles. The van der Waals surface area contributed by atoms with Gasteiger partial charge in [0.25, 0.3) is 0 Å². The molecule has 0 aliphatic carbocycles. The maximum Gasteiger partial charge on any atom is 0.108 e. The zero-order valence-corrected chi connectivity index (χ0v) is 12.4. The Bertz CT molecular complexity index is 319. The van der Waals surface area contributed by atoms with Crippen molar-refractivity contribution in [3.8, 4) is 0 Å². The molecular weight excluding hydrogens is 222 g/mol. The number of hydrogen-bond donors (Lipinski definition) is 1. The summed E-state index contributed by atoms with van der Waals surface area (Å²) in [6.45, 7) is 4.58. The predicted molar refractivity (Wildman–Crippen MR) is 77.7 cm³/mol. The van der Waals surface area contributed by atoms with Crippen LogP contribution in [0.5, 0.6) is 0 Å². The van der Waals surface area contributed by atoms with Crippen LogP contribution in [0.1, 0.15) is 51.8 Å². The minimum atomic E-state index is 0.623. The number of aromatic nitrogens is 2. The van der Waals surface area contributed by atoms with Crippen molar-refractivity contribution in [2.75, 3.05) is 7.05 Å². The smallest absolute Gasteiger partial charge is 0.108 e. The van der Waals surface area contributed by atoms with Gasteiger partial charge in [-0.15, -0.1) is 0 Å². The van der Waals surface area contributed by atoms with Gasteiger partial charge >= 0.3 is 0 Å².